The summed E-state index contributed by atoms with van der Waals surface area (Å²) in [6.45, 7) is 2.85. The fourth-order valence-electron chi connectivity index (χ4n) is 2.00. The van der Waals surface area contributed by atoms with E-state index in [0.29, 0.717) is 0 Å². The van der Waals surface area contributed by atoms with Crippen molar-refractivity contribution >= 4 is 21.6 Å². The van der Waals surface area contributed by atoms with Crippen LogP contribution in [0.3, 0.4) is 0 Å². The summed E-state index contributed by atoms with van der Waals surface area (Å²) in [5.74, 6) is 1.12. The van der Waals surface area contributed by atoms with Crippen LogP contribution < -0.4 is 4.90 Å². The first-order valence-electron chi connectivity index (χ1n) is 5.19. The van der Waals surface area contributed by atoms with Crippen molar-refractivity contribution in [2.75, 3.05) is 11.4 Å². The number of fused-ring (bicyclic) bond motifs is 1. The SMILES string of the molecule is Brc1cnccc1N1CCn2ccnc2C1. The van der Waals surface area contributed by atoms with Crippen LogP contribution in [0, 0.1) is 0 Å². The van der Waals surface area contributed by atoms with Gasteiger partial charge in [-0.15, -0.1) is 0 Å². The number of rotatable bonds is 1. The number of hydrogen-bond donors (Lipinski definition) is 0. The second-order valence-electron chi connectivity index (χ2n) is 3.79. The summed E-state index contributed by atoms with van der Waals surface area (Å²) in [6, 6.07) is 2.03. The number of imidazole rings is 1. The van der Waals surface area contributed by atoms with E-state index in [1.165, 1.54) is 5.69 Å². The second-order valence-corrected chi connectivity index (χ2v) is 4.64. The zero-order valence-corrected chi connectivity index (χ0v) is 10.3. The molecule has 0 aliphatic carbocycles. The Morgan fingerprint density at radius 1 is 1.25 bits per heavy atom. The lowest BCUT2D eigenvalue weighted by Gasteiger charge is -2.30. The molecule has 82 valence electrons. The first-order valence-corrected chi connectivity index (χ1v) is 5.98. The lowest BCUT2D eigenvalue weighted by atomic mass is 10.3. The van der Waals surface area contributed by atoms with Gasteiger partial charge in [0.15, 0.2) is 0 Å². The summed E-state index contributed by atoms with van der Waals surface area (Å²) in [4.78, 5) is 10.7. The molecule has 5 heteroatoms. The minimum absolute atomic E-state index is 0.857. The van der Waals surface area contributed by atoms with Gasteiger partial charge >= 0.3 is 0 Å². The highest BCUT2D eigenvalue weighted by Crippen LogP contribution is 2.27. The first-order chi connectivity index (χ1) is 7.84. The summed E-state index contributed by atoms with van der Waals surface area (Å²) >= 11 is 3.53. The van der Waals surface area contributed by atoms with Crippen molar-refractivity contribution in [3.05, 3.63) is 41.2 Å². The third kappa shape index (κ3) is 1.61. The van der Waals surface area contributed by atoms with E-state index in [-0.39, 0.29) is 0 Å². The Balaban J connectivity index is 1.92. The van der Waals surface area contributed by atoms with Gasteiger partial charge in [-0.1, -0.05) is 0 Å². The standard InChI is InChI=1S/C11H11BrN4/c12-9-7-13-2-1-10(9)16-6-5-15-4-3-14-11(15)8-16/h1-4,7H,5-6,8H2. The Hall–Kier alpha value is -1.36. The number of aromatic nitrogens is 3. The van der Waals surface area contributed by atoms with E-state index in [0.717, 1.165) is 29.9 Å². The topological polar surface area (TPSA) is 34.0 Å². The highest BCUT2D eigenvalue weighted by atomic mass is 79.9. The molecule has 0 bridgehead atoms. The van der Waals surface area contributed by atoms with Gasteiger partial charge in [-0.05, 0) is 22.0 Å². The van der Waals surface area contributed by atoms with Crippen molar-refractivity contribution in [1.29, 1.82) is 0 Å². The Kier molecular flexibility index (Phi) is 2.40. The van der Waals surface area contributed by atoms with Crippen molar-refractivity contribution < 1.29 is 0 Å². The van der Waals surface area contributed by atoms with Crippen LogP contribution >= 0.6 is 15.9 Å². The average Bonchev–Trinajstić information content (AvgIpc) is 2.76. The molecule has 0 amide bonds. The molecule has 16 heavy (non-hydrogen) atoms. The number of pyridine rings is 1. The quantitative estimate of drug-likeness (QED) is 0.801. The molecule has 0 radical (unpaired) electrons. The third-order valence-electron chi connectivity index (χ3n) is 2.84. The van der Waals surface area contributed by atoms with Crippen molar-refractivity contribution in [1.82, 2.24) is 14.5 Å². The van der Waals surface area contributed by atoms with Crippen LogP contribution in [0.5, 0.6) is 0 Å². The fourth-order valence-corrected chi connectivity index (χ4v) is 2.50. The molecule has 0 atom stereocenters. The Bertz CT molecular complexity index is 508. The molecular formula is C11H11BrN4. The summed E-state index contributed by atoms with van der Waals surface area (Å²) in [7, 11) is 0. The smallest absolute Gasteiger partial charge is 0.128 e. The minimum Gasteiger partial charge on any atom is -0.361 e. The minimum atomic E-state index is 0.857. The van der Waals surface area contributed by atoms with Gasteiger partial charge in [0.25, 0.3) is 0 Å². The summed E-state index contributed by atoms with van der Waals surface area (Å²) in [5, 5.41) is 0. The van der Waals surface area contributed by atoms with Gasteiger partial charge in [0.05, 0.1) is 16.7 Å². The number of anilines is 1. The molecule has 0 saturated carbocycles. The molecule has 4 nitrogen and oxygen atoms in total. The van der Waals surface area contributed by atoms with Crippen molar-refractivity contribution in [2.24, 2.45) is 0 Å². The van der Waals surface area contributed by atoms with Gasteiger partial charge in [-0.2, -0.15) is 0 Å². The van der Waals surface area contributed by atoms with Gasteiger partial charge in [-0.3, -0.25) is 4.98 Å². The summed E-state index contributed by atoms with van der Waals surface area (Å²) < 4.78 is 3.24. The van der Waals surface area contributed by atoms with Crippen LogP contribution in [0.1, 0.15) is 5.82 Å². The molecule has 0 aromatic carbocycles. The number of halogens is 1. The molecule has 0 spiro atoms. The van der Waals surface area contributed by atoms with E-state index in [1.807, 2.05) is 30.9 Å². The highest BCUT2D eigenvalue weighted by Gasteiger charge is 2.18. The van der Waals surface area contributed by atoms with E-state index in [1.54, 1.807) is 0 Å². The number of hydrogen-bond acceptors (Lipinski definition) is 3. The zero-order valence-electron chi connectivity index (χ0n) is 8.67. The molecule has 0 unspecified atom stereocenters. The Morgan fingerprint density at radius 3 is 3.06 bits per heavy atom. The van der Waals surface area contributed by atoms with E-state index < -0.39 is 0 Å². The molecule has 0 fully saturated rings. The fraction of sp³-hybridized carbons (Fsp3) is 0.273. The van der Waals surface area contributed by atoms with Crippen LogP contribution in [0.25, 0.3) is 0 Å². The lowest BCUT2D eigenvalue weighted by molar-refractivity contribution is 0.559. The number of nitrogens with zero attached hydrogens (tertiary/aromatic N) is 4. The van der Waals surface area contributed by atoms with E-state index in [4.69, 9.17) is 0 Å². The third-order valence-corrected chi connectivity index (χ3v) is 3.45. The lowest BCUT2D eigenvalue weighted by Crippen LogP contribution is -2.33. The van der Waals surface area contributed by atoms with Gasteiger partial charge in [0, 0.05) is 37.9 Å². The predicted octanol–water partition coefficient (Wildman–Crippen LogP) is 2.06. The molecule has 3 rings (SSSR count). The monoisotopic (exact) mass is 278 g/mol. The molecule has 2 aromatic heterocycles. The zero-order chi connectivity index (χ0) is 11.0. The molecule has 3 heterocycles. The molecule has 0 saturated heterocycles. The largest absolute Gasteiger partial charge is 0.361 e. The van der Waals surface area contributed by atoms with Gasteiger partial charge in [-0.25, -0.2) is 4.98 Å². The summed E-state index contributed by atoms with van der Waals surface area (Å²) in [5.41, 5.74) is 1.18. The maximum Gasteiger partial charge on any atom is 0.128 e. The van der Waals surface area contributed by atoms with Crippen molar-refractivity contribution in [3.63, 3.8) is 0 Å². The van der Waals surface area contributed by atoms with Gasteiger partial charge in [0.2, 0.25) is 0 Å². The normalized spacial score (nSPS) is 14.9. The van der Waals surface area contributed by atoms with Gasteiger partial charge in [0.1, 0.15) is 5.82 Å². The first kappa shape index (κ1) is 9.84. The van der Waals surface area contributed by atoms with Gasteiger partial charge < -0.3 is 9.47 Å². The van der Waals surface area contributed by atoms with Crippen LogP contribution in [0.4, 0.5) is 5.69 Å². The molecular weight excluding hydrogens is 268 g/mol. The second kappa shape index (κ2) is 3.90. The molecule has 0 N–H and O–H groups in total. The van der Waals surface area contributed by atoms with Crippen molar-refractivity contribution in [3.8, 4) is 0 Å². The maximum atomic E-state index is 4.35. The molecule has 1 aliphatic rings. The Labute approximate surface area is 102 Å². The maximum absolute atomic E-state index is 4.35. The summed E-state index contributed by atoms with van der Waals surface area (Å²) in [6.07, 6.45) is 7.55. The van der Waals surface area contributed by atoms with Crippen LogP contribution in [-0.4, -0.2) is 21.1 Å². The van der Waals surface area contributed by atoms with Crippen LogP contribution in [0.2, 0.25) is 0 Å². The highest BCUT2D eigenvalue weighted by molar-refractivity contribution is 9.10. The molecule has 2 aromatic rings. The average molecular weight is 279 g/mol. The van der Waals surface area contributed by atoms with Crippen LogP contribution in [-0.2, 0) is 13.1 Å². The predicted molar refractivity (Wildman–Crippen MR) is 65.2 cm³/mol. The Morgan fingerprint density at radius 2 is 2.19 bits per heavy atom. The van der Waals surface area contributed by atoms with E-state index >= 15 is 0 Å². The molecule has 1 aliphatic heterocycles. The van der Waals surface area contributed by atoms with Crippen LogP contribution in [0.15, 0.2) is 35.3 Å². The van der Waals surface area contributed by atoms with Crippen molar-refractivity contribution in [2.45, 2.75) is 13.1 Å². The van der Waals surface area contributed by atoms with E-state index in [9.17, 15) is 0 Å². The van der Waals surface area contributed by atoms with E-state index in [2.05, 4.69) is 35.4 Å².